The largest absolute Gasteiger partial charge is 0.304 e. The lowest BCUT2D eigenvalue weighted by Crippen LogP contribution is -2.38. The molecule has 1 aliphatic rings. The minimum absolute atomic E-state index is 0.142. The van der Waals surface area contributed by atoms with Gasteiger partial charge in [-0.1, -0.05) is 0 Å². The number of nitrogens with zero attached hydrogens (tertiary/aromatic N) is 4. The van der Waals surface area contributed by atoms with Crippen LogP contribution < -0.4 is 0 Å². The molecule has 0 N–H and O–H groups in total. The molecule has 1 fully saturated rings. The van der Waals surface area contributed by atoms with Crippen LogP contribution in [-0.4, -0.2) is 46.6 Å². The van der Waals surface area contributed by atoms with E-state index in [1.807, 2.05) is 36.7 Å². The first-order valence-electron chi connectivity index (χ1n) is 7.78. The van der Waals surface area contributed by atoms with Gasteiger partial charge in [-0.3, -0.25) is 4.98 Å². The Labute approximate surface area is 137 Å². The van der Waals surface area contributed by atoms with Gasteiger partial charge in [-0.05, 0) is 38.8 Å². The number of hydrogen-bond acceptors (Lipinski definition) is 4. The topological polar surface area (TPSA) is 68.1 Å². The molecule has 0 amide bonds. The number of sulfonamides is 1. The van der Waals surface area contributed by atoms with Gasteiger partial charge >= 0.3 is 0 Å². The lowest BCUT2D eigenvalue weighted by molar-refractivity contribution is 0.314. The van der Waals surface area contributed by atoms with Crippen molar-refractivity contribution in [2.45, 2.75) is 32.6 Å². The molecular weight excluding hydrogens is 312 g/mol. The summed E-state index contributed by atoms with van der Waals surface area (Å²) in [5, 5.41) is 0. The van der Waals surface area contributed by atoms with Crippen molar-refractivity contribution in [3.8, 4) is 5.69 Å². The molecule has 3 heterocycles. The smallest absolute Gasteiger partial charge is 0.211 e. The normalized spacial score (nSPS) is 19.9. The maximum atomic E-state index is 11.8. The summed E-state index contributed by atoms with van der Waals surface area (Å²) in [7, 11) is -3.14. The van der Waals surface area contributed by atoms with Gasteiger partial charge in [0, 0.05) is 37.1 Å². The van der Waals surface area contributed by atoms with Crippen molar-refractivity contribution in [3.63, 3.8) is 0 Å². The van der Waals surface area contributed by atoms with Crippen molar-refractivity contribution in [2.24, 2.45) is 0 Å². The van der Waals surface area contributed by atoms with Crippen LogP contribution in [0.25, 0.3) is 5.69 Å². The molecule has 1 atom stereocenters. The van der Waals surface area contributed by atoms with Gasteiger partial charge in [0.2, 0.25) is 10.0 Å². The van der Waals surface area contributed by atoms with Crippen LogP contribution in [0.2, 0.25) is 0 Å². The van der Waals surface area contributed by atoms with Crippen LogP contribution in [0.5, 0.6) is 0 Å². The van der Waals surface area contributed by atoms with Crippen LogP contribution in [0.4, 0.5) is 0 Å². The molecule has 23 heavy (non-hydrogen) atoms. The number of rotatable bonds is 3. The molecule has 6 nitrogen and oxygen atoms in total. The van der Waals surface area contributed by atoms with Crippen LogP contribution in [0.15, 0.2) is 24.5 Å². The summed E-state index contributed by atoms with van der Waals surface area (Å²) in [5.41, 5.74) is 2.94. The monoisotopic (exact) mass is 334 g/mol. The van der Waals surface area contributed by atoms with Crippen molar-refractivity contribution < 1.29 is 8.42 Å². The minimum atomic E-state index is -3.14. The minimum Gasteiger partial charge on any atom is -0.304 e. The van der Waals surface area contributed by atoms with Crippen molar-refractivity contribution in [1.82, 2.24) is 18.8 Å². The summed E-state index contributed by atoms with van der Waals surface area (Å²) in [4.78, 5) is 8.92. The number of aromatic nitrogens is 3. The molecule has 0 aliphatic carbocycles. The van der Waals surface area contributed by atoms with E-state index in [4.69, 9.17) is 0 Å². The average molecular weight is 334 g/mol. The van der Waals surface area contributed by atoms with E-state index in [9.17, 15) is 8.42 Å². The second-order valence-electron chi connectivity index (χ2n) is 6.20. The van der Waals surface area contributed by atoms with E-state index in [1.165, 1.54) is 6.26 Å². The van der Waals surface area contributed by atoms with Crippen molar-refractivity contribution in [3.05, 3.63) is 41.7 Å². The fourth-order valence-corrected chi connectivity index (χ4v) is 4.09. The van der Waals surface area contributed by atoms with E-state index >= 15 is 0 Å². The van der Waals surface area contributed by atoms with E-state index in [2.05, 4.69) is 9.97 Å². The Bertz CT molecular complexity index is 813. The number of aryl methyl sites for hydroxylation is 2. The van der Waals surface area contributed by atoms with Gasteiger partial charge in [-0.25, -0.2) is 17.7 Å². The summed E-state index contributed by atoms with van der Waals surface area (Å²) < 4.78 is 27.2. The second kappa shape index (κ2) is 6.05. The molecule has 0 spiro atoms. The first kappa shape index (κ1) is 16.1. The summed E-state index contributed by atoms with van der Waals surface area (Å²) in [6.45, 7) is 5.06. The Morgan fingerprint density at radius 2 is 2.09 bits per heavy atom. The van der Waals surface area contributed by atoms with Crippen molar-refractivity contribution in [1.29, 1.82) is 0 Å². The van der Waals surface area contributed by atoms with Gasteiger partial charge in [0.1, 0.15) is 5.82 Å². The van der Waals surface area contributed by atoms with Crippen LogP contribution in [0.1, 0.15) is 36.0 Å². The highest BCUT2D eigenvalue weighted by Gasteiger charge is 2.27. The van der Waals surface area contributed by atoms with Crippen molar-refractivity contribution in [2.75, 3.05) is 19.3 Å². The van der Waals surface area contributed by atoms with Crippen molar-refractivity contribution >= 4 is 10.0 Å². The third-order valence-corrected chi connectivity index (χ3v) is 5.59. The highest BCUT2D eigenvalue weighted by Crippen LogP contribution is 2.28. The Kier molecular flexibility index (Phi) is 4.25. The van der Waals surface area contributed by atoms with Gasteiger partial charge in [0.05, 0.1) is 17.6 Å². The second-order valence-corrected chi connectivity index (χ2v) is 8.18. The Balaban J connectivity index is 1.89. The Hall–Kier alpha value is -1.73. The number of hydrogen-bond donors (Lipinski definition) is 0. The highest BCUT2D eigenvalue weighted by molar-refractivity contribution is 7.88. The molecular formula is C16H22N4O2S. The quantitative estimate of drug-likeness (QED) is 0.861. The fraction of sp³-hybridized carbons (Fsp3) is 0.500. The molecule has 1 saturated heterocycles. The SMILES string of the molecule is Cc1cn(-c2ccnc([C@@H]3CCCN(S(C)(=O)=O)C3)c2)c(C)n1. The molecule has 0 saturated carbocycles. The average Bonchev–Trinajstić information content (AvgIpc) is 2.85. The molecule has 124 valence electrons. The Morgan fingerprint density at radius 3 is 2.74 bits per heavy atom. The Morgan fingerprint density at radius 1 is 1.30 bits per heavy atom. The zero-order chi connectivity index (χ0) is 16.6. The maximum Gasteiger partial charge on any atom is 0.211 e. The summed E-state index contributed by atoms with van der Waals surface area (Å²) in [6.07, 6.45) is 6.89. The molecule has 0 radical (unpaired) electrons. The van der Waals surface area contributed by atoms with E-state index in [0.717, 1.165) is 35.7 Å². The molecule has 2 aromatic rings. The van der Waals surface area contributed by atoms with Gasteiger partial charge in [-0.15, -0.1) is 0 Å². The van der Waals surface area contributed by atoms with E-state index in [1.54, 1.807) is 10.5 Å². The highest BCUT2D eigenvalue weighted by atomic mass is 32.2. The molecule has 2 aromatic heterocycles. The summed E-state index contributed by atoms with van der Waals surface area (Å²) >= 11 is 0. The van der Waals surface area contributed by atoms with E-state index in [0.29, 0.717) is 13.1 Å². The third-order valence-electron chi connectivity index (χ3n) is 4.32. The first-order chi connectivity index (χ1) is 10.8. The first-order valence-corrected chi connectivity index (χ1v) is 9.63. The lowest BCUT2D eigenvalue weighted by Gasteiger charge is -2.30. The van der Waals surface area contributed by atoms with Gasteiger partial charge < -0.3 is 4.57 Å². The molecule has 0 unspecified atom stereocenters. The third kappa shape index (κ3) is 3.45. The summed E-state index contributed by atoms with van der Waals surface area (Å²) in [6, 6.07) is 4.00. The maximum absolute atomic E-state index is 11.8. The van der Waals surface area contributed by atoms with Crippen LogP contribution >= 0.6 is 0 Å². The van der Waals surface area contributed by atoms with Crippen LogP contribution in [-0.2, 0) is 10.0 Å². The predicted octanol–water partition coefficient (Wildman–Crippen LogP) is 2.02. The fourth-order valence-electron chi connectivity index (χ4n) is 3.17. The molecule has 0 aromatic carbocycles. The van der Waals surface area contributed by atoms with Gasteiger partial charge in [0.25, 0.3) is 0 Å². The standard InChI is InChI=1S/C16H22N4O2S/c1-12-10-20(13(2)18-12)15-6-7-17-16(9-15)14-5-4-8-19(11-14)23(3,21)22/h6-7,9-10,14H,4-5,8,11H2,1-3H3/t14-/m1/s1. The van der Waals surface area contributed by atoms with Crippen LogP contribution in [0.3, 0.4) is 0 Å². The number of imidazole rings is 1. The zero-order valence-electron chi connectivity index (χ0n) is 13.7. The lowest BCUT2D eigenvalue weighted by atomic mass is 9.95. The molecule has 0 bridgehead atoms. The summed E-state index contributed by atoms with van der Waals surface area (Å²) in [5.74, 6) is 1.07. The molecule has 3 rings (SSSR count). The molecule has 7 heteroatoms. The zero-order valence-corrected chi connectivity index (χ0v) is 14.5. The van der Waals surface area contributed by atoms with E-state index in [-0.39, 0.29) is 5.92 Å². The number of piperidine rings is 1. The predicted molar refractivity (Wildman–Crippen MR) is 89.2 cm³/mol. The van der Waals surface area contributed by atoms with Crippen LogP contribution in [0, 0.1) is 13.8 Å². The van der Waals surface area contributed by atoms with Gasteiger partial charge in [0.15, 0.2) is 0 Å². The molecule has 1 aliphatic heterocycles. The van der Waals surface area contributed by atoms with Gasteiger partial charge in [-0.2, -0.15) is 0 Å². The number of pyridine rings is 1. The van der Waals surface area contributed by atoms with E-state index < -0.39 is 10.0 Å².